The number of halogens is 2. The zero-order chi connectivity index (χ0) is 17.4. The van der Waals surface area contributed by atoms with E-state index in [2.05, 4.69) is 5.16 Å². The number of nitrogens with zero attached hydrogens (tertiary/aromatic N) is 1. The minimum absolute atomic E-state index is 0.273. The van der Waals surface area contributed by atoms with E-state index in [0.29, 0.717) is 21.8 Å². The lowest BCUT2D eigenvalue weighted by atomic mass is 9.98. The number of aliphatic hydroxyl groups is 1. The summed E-state index contributed by atoms with van der Waals surface area (Å²) in [6.45, 7) is -0.301. The van der Waals surface area contributed by atoms with Gasteiger partial charge in [-0.15, -0.1) is 0 Å². The maximum atomic E-state index is 13.6. The van der Waals surface area contributed by atoms with Crippen molar-refractivity contribution in [1.29, 1.82) is 0 Å². The van der Waals surface area contributed by atoms with Crippen LogP contribution >= 0.6 is 11.6 Å². The Balaban J connectivity index is 1.96. The molecule has 1 N–H and O–H groups in total. The molecule has 3 aromatic carbocycles. The van der Waals surface area contributed by atoms with Gasteiger partial charge in [0.2, 0.25) is 0 Å². The number of hydrogen-bond donors (Lipinski definition) is 1. The Morgan fingerprint density at radius 1 is 1.00 bits per heavy atom. The van der Waals surface area contributed by atoms with Gasteiger partial charge in [-0.1, -0.05) is 59.2 Å². The molecule has 0 spiro atoms. The highest BCUT2D eigenvalue weighted by atomic mass is 35.5. The Labute approximate surface area is 148 Å². The second-order valence-corrected chi connectivity index (χ2v) is 6.06. The van der Waals surface area contributed by atoms with Crippen LogP contribution in [0, 0.1) is 5.82 Å². The number of hydrogen-bond acceptors (Lipinski definition) is 3. The van der Waals surface area contributed by atoms with E-state index < -0.39 is 5.82 Å². The van der Waals surface area contributed by atoms with E-state index in [-0.39, 0.29) is 12.4 Å². The summed E-state index contributed by atoms with van der Waals surface area (Å²) in [4.78, 5) is 0. The summed E-state index contributed by atoms with van der Waals surface area (Å²) in [5.41, 5.74) is 2.20. The van der Waals surface area contributed by atoms with Crippen LogP contribution in [0.25, 0.3) is 33.4 Å². The average molecular weight is 354 g/mol. The van der Waals surface area contributed by atoms with Crippen LogP contribution in [0.2, 0.25) is 5.02 Å². The van der Waals surface area contributed by atoms with Gasteiger partial charge in [0.15, 0.2) is 5.76 Å². The van der Waals surface area contributed by atoms with E-state index in [4.69, 9.17) is 16.1 Å². The van der Waals surface area contributed by atoms with Gasteiger partial charge in [-0.05, 0) is 29.0 Å². The van der Waals surface area contributed by atoms with Gasteiger partial charge in [-0.25, -0.2) is 4.39 Å². The van der Waals surface area contributed by atoms with Gasteiger partial charge in [0, 0.05) is 11.1 Å². The van der Waals surface area contributed by atoms with Crippen molar-refractivity contribution in [3.63, 3.8) is 0 Å². The molecular weight excluding hydrogens is 341 g/mol. The molecule has 0 unspecified atom stereocenters. The SMILES string of the molecule is OCc1c(-c2cccc3ccccc23)noc1-c1cc(F)ccc1Cl. The van der Waals surface area contributed by atoms with E-state index in [1.165, 1.54) is 18.2 Å². The van der Waals surface area contributed by atoms with E-state index in [1.54, 1.807) is 0 Å². The second-order valence-electron chi connectivity index (χ2n) is 5.65. The third kappa shape index (κ3) is 2.69. The molecule has 5 heteroatoms. The molecular formula is C20H13ClFNO2. The van der Waals surface area contributed by atoms with E-state index in [9.17, 15) is 9.50 Å². The first-order chi connectivity index (χ1) is 12.2. The predicted molar refractivity (Wildman–Crippen MR) is 95.8 cm³/mol. The smallest absolute Gasteiger partial charge is 0.174 e. The van der Waals surface area contributed by atoms with Crippen molar-refractivity contribution in [2.75, 3.05) is 0 Å². The summed E-state index contributed by atoms with van der Waals surface area (Å²) in [5, 5.41) is 16.4. The first-order valence-corrected chi connectivity index (χ1v) is 8.10. The van der Waals surface area contributed by atoms with Crippen molar-refractivity contribution in [3.05, 3.63) is 77.1 Å². The Kier molecular flexibility index (Phi) is 3.99. The molecule has 0 saturated heterocycles. The maximum absolute atomic E-state index is 13.6. The third-order valence-electron chi connectivity index (χ3n) is 4.16. The Hall–Kier alpha value is -2.69. The molecule has 0 aliphatic carbocycles. The van der Waals surface area contributed by atoms with Crippen LogP contribution in [0.1, 0.15) is 5.56 Å². The highest BCUT2D eigenvalue weighted by molar-refractivity contribution is 6.33. The fraction of sp³-hybridized carbons (Fsp3) is 0.0500. The summed E-state index contributed by atoms with van der Waals surface area (Å²) in [5.74, 6) is -0.165. The van der Waals surface area contributed by atoms with E-state index in [0.717, 1.165) is 16.3 Å². The van der Waals surface area contributed by atoms with Crippen LogP contribution in [-0.4, -0.2) is 10.3 Å². The lowest BCUT2D eigenvalue weighted by Crippen LogP contribution is -1.91. The molecule has 25 heavy (non-hydrogen) atoms. The zero-order valence-electron chi connectivity index (χ0n) is 13.0. The monoisotopic (exact) mass is 353 g/mol. The van der Waals surface area contributed by atoms with Crippen LogP contribution in [0.15, 0.2) is 65.2 Å². The molecule has 1 heterocycles. The van der Waals surface area contributed by atoms with Gasteiger partial charge in [0.05, 0.1) is 17.2 Å². The van der Waals surface area contributed by atoms with Crippen molar-refractivity contribution >= 4 is 22.4 Å². The normalized spacial score (nSPS) is 11.2. The van der Waals surface area contributed by atoms with E-state index in [1.807, 2.05) is 42.5 Å². The van der Waals surface area contributed by atoms with Gasteiger partial charge in [-0.2, -0.15) is 0 Å². The molecule has 0 radical (unpaired) electrons. The van der Waals surface area contributed by atoms with Crippen LogP contribution in [0.3, 0.4) is 0 Å². The molecule has 0 saturated carbocycles. The first kappa shape index (κ1) is 15.8. The quantitative estimate of drug-likeness (QED) is 0.533. The fourth-order valence-electron chi connectivity index (χ4n) is 2.98. The van der Waals surface area contributed by atoms with Crippen LogP contribution in [-0.2, 0) is 6.61 Å². The molecule has 0 amide bonds. The number of rotatable bonds is 3. The summed E-state index contributed by atoms with van der Waals surface area (Å²) >= 11 is 6.17. The summed E-state index contributed by atoms with van der Waals surface area (Å²) in [6.07, 6.45) is 0. The maximum Gasteiger partial charge on any atom is 0.174 e. The summed E-state index contributed by atoms with van der Waals surface area (Å²) < 4.78 is 19.1. The fourth-order valence-corrected chi connectivity index (χ4v) is 3.19. The van der Waals surface area contributed by atoms with Gasteiger partial charge < -0.3 is 9.63 Å². The molecule has 0 aliphatic heterocycles. The largest absolute Gasteiger partial charge is 0.391 e. The molecule has 0 aliphatic rings. The van der Waals surface area contributed by atoms with Crippen molar-refractivity contribution in [2.45, 2.75) is 6.61 Å². The number of aliphatic hydroxyl groups excluding tert-OH is 1. The van der Waals surface area contributed by atoms with E-state index >= 15 is 0 Å². The Morgan fingerprint density at radius 2 is 1.80 bits per heavy atom. The Morgan fingerprint density at radius 3 is 2.64 bits per heavy atom. The van der Waals surface area contributed by atoms with Gasteiger partial charge >= 0.3 is 0 Å². The van der Waals surface area contributed by atoms with Crippen molar-refractivity contribution in [2.24, 2.45) is 0 Å². The van der Waals surface area contributed by atoms with Gasteiger partial charge in [0.1, 0.15) is 11.5 Å². The molecule has 0 atom stereocenters. The van der Waals surface area contributed by atoms with Crippen LogP contribution < -0.4 is 0 Å². The molecule has 0 bridgehead atoms. The summed E-state index contributed by atoms with van der Waals surface area (Å²) in [6, 6.07) is 17.7. The van der Waals surface area contributed by atoms with Crippen LogP contribution in [0.4, 0.5) is 4.39 Å². The molecule has 4 rings (SSSR count). The molecule has 124 valence electrons. The molecule has 3 nitrogen and oxygen atoms in total. The lowest BCUT2D eigenvalue weighted by molar-refractivity contribution is 0.281. The highest BCUT2D eigenvalue weighted by Gasteiger charge is 2.21. The second kappa shape index (κ2) is 6.31. The summed E-state index contributed by atoms with van der Waals surface area (Å²) in [7, 11) is 0. The standard InChI is InChI=1S/C20H13ClFNO2/c21-18-9-8-13(22)10-16(18)20-17(11-24)19(23-25-20)15-7-3-5-12-4-1-2-6-14(12)15/h1-10,24H,11H2. The first-order valence-electron chi connectivity index (χ1n) is 7.72. The van der Waals surface area contributed by atoms with Crippen LogP contribution in [0.5, 0.6) is 0 Å². The van der Waals surface area contributed by atoms with Crippen molar-refractivity contribution in [3.8, 4) is 22.6 Å². The molecule has 4 aromatic rings. The minimum Gasteiger partial charge on any atom is -0.391 e. The number of aromatic nitrogens is 1. The average Bonchev–Trinajstić information content (AvgIpc) is 3.06. The lowest BCUT2D eigenvalue weighted by Gasteiger charge is -2.06. The van der Waals surface area contributed by atoms with Gasteiger partial charge in [-0.3, -0.25) is 0 Å². The Bertz CT molecular complexity index is 1070. The molecule has 1 aromatic heterocycles. The minimum atomic E-state index is -0.439. The topological polar surface area (TPSA) is 46.3 Å². The molecule has 0 fully saturated rings. The third-order valence-corrected chi connectivity index (χ3v) is 4.49. The van der Waals surface area contributed by atoms with Crippen molar-refractivity contribution in [1.82, 2.24) is 5.16 Å². The number of benzene rings is 3. The highest BCUT2D eigenvalue weighted by Crippen LogP contribution is 2.38. The van der Waals surface area contributed by atoms with Gasteiger partial charge in [0.25, 0.3) is 0 Å². The van der Waals surface area contributed by atoms with Crippen molar-refractivity contribution < 1.29 is 14.0 Å². The zero-order valence-corrected chi connectivity index (χ0v) is 13.8. The number of fused-ring (bicyclic) bond motifs is 1. The predicted octanol–water partition coefficient (Wildman–Crippen LogP) is 5.45.